The smallest absolute Gasteiger partial charge is 0.339 e. The summed E-state index contributed by atoms with van der Waals surface area (Å²) in [6.07, 6.45) is 0.118. The van der Waals surface area contributed by atoms with Crippen molar-refractivity contribution in [3.63, 3.8) is 0 Å². The highest BCUT2D eigenvalue weighted by Gasteiger charge is 2.19. The maximum Gasteiger partial charge on any atom is 0.339 e. The summed E-state index contributed by atoms with van der Waals surface area (Å²) < 4.78 is 10.2. The van der Waals surface area contributed by atoms with Crippen molar-refractivity contribution in [2.45, 2.75) is 19.4 Å². The molecule has 0 radical (unpaired) electrons. The number of methoxy groups -OCH3 is 1. The maximum absolute atomic E-state index is 12.1. The van der Waals surface area contributed by atoms with Crippen molar-refractivity contribution in [3.05, 3.63) is 29.3 Å². The fourth-order valence-electron chi connectivity index (χ4n) is 2.20. The minimum Gasteiger partial charge on any atom is -0.465 e. The lowest BCUT2D eigenvalue weighted by Gasteiger charge is -2.23. The maximum atomic E-state index is 12.1. The van der Waals surface area contributed by atoms with E-state index in [4.69, 9.17) is 9.47 Å². The zero-order valence-electron chi connectivity index (χ0n) is 12.3. The Balaban J connectivity index is 2.04. The van der Waals surface area contributed by atoms with Crippen molar-refractivity contribution in [1.29, 1.82) is 0 Å². The third kappa shape index (κ3) is 4.27. The van der Waals surface area contributed by atoms with Gasteiger partial charge in [-0.2, -0.15) is 0 Å². The summed E-state index contributed by atoms with van der Waals surface area (Å²) in [7, 11) is 1.32. The molecule has 0 aromatic heterocycles. The third-order valence-electron chi connectivity index (χ3n) is 3.27. The normalized spacial score (nSPS) is 18.1. The summed E-state index contributed by atoms with van der Waals surface area (Å²) in [4.78, 5) is 23.8. The van der Waals surface area contributed by atoms with E-state index in [1.807, 2.05) is 13.0 Å². The van der Waals surface area contributed by atoms with Crippen LogP contribution in [0.15, 0.2) is 18.2 Å². The molecule has 1 fully saturated rings. The fourth-order valence-corrected chi connectivity index (χ4v) is 2.20. The number of aryl methyl sites for hydroxylation is 1. The van der Waals surface area contributed by atoms with Crippen LogP contribution in [0.3, 0.4) is 0 Å². The number of hydrogen-bond donors (Lipinski definition) is 2. The highest BCUT2D eigenvalue weighted by atomic mass is 16.5. The van der Waals surface area contributed by atoms with Crippen LogP contribution in [0.5, 0.6) is 0 Å². The zero-order valence-corrected chi connectivity index (χ0v) is 12.3. The molecule has 1 aliphatic rings. The first-order valence-electron chi connectivity index (χ1n) is 6.91. The van der Waals surface area contributed by atoms with Gasteiger partial charge in [0.25, 0.3) is 0 Å². The number of morpholine rings is 1. The van der Waals surface area contributed by atoms with Gasteiger partial charge in [-0.1, -0.05) is 11.6 Å². The van der Waals surface area contributed by atoms with Crippen LogP contribution >= 0.6 is 0 Å². The molecule has 0 aliphatic carbocycles. The van der Waals surface area contributed by atoms with Gasteiger partial charge in [0, 0.05) is 13.1 Å². The zero-order chi connectivity index (χ0) is 15.2. The minimum atomic E-state index is -0.468. The second kappa shape index (κ2) is 7.19. The quantitative estimate of drug-likeness (QED) is 0.813. The first-order valence-corrected chi connectivity index (χ1v) is 6.91. The summed E-state index contributed by atoms with van der Waals surface area (Å²) in [6.45, 7) is 3.95. The Kier molecular flexibility index (Phi) is 5.30. The number of carbonyl (C=O) groups excluding carboxylic acids is 2. The van der Waals surface area contributed by atoms with E-state index in [1.165, 1.54) is 7.11 Å². The molecule has 0 bridgehead atoms. The number of amides is 1. The number of anilines is 1. The molecule has 1 unspecified atom stereocenters. The Morgan fingerprint density at radius 1 is 1.48 bits per heavy atom. The van der Waals surface area contributed by atoms with Crippen LogP contribution in [0.2, 0.25) is 0 Å². The van der Waals surface area contributed by atoms with E-state index in [0.29, 0.717) is 24.4 Å². The van der Waals surface area contributed by atoms with Crippen LogP contribution in [-0.4, -0.2) is 44.8 Å². The standard InChI is InChI=1S/C15H20N2O4/c1-10-3-4-13(12(7-10)15(19)20-2)17-14(18)8-11-9-16-5-6-21-11/h3-4,7,11,16H,5-6,8-9H2,1-2H3,(H,17,18). The first-order chi connectivity index (χ1) is 10.1. The number of ether oxygens (including phenoxy) is 2. The van der Waals surface area contributed by atoms with Crippen molar-refractivity contribution >= 4 is 17.6 Å². The van der Waals surface area contributed by atoms with E-state index in [1.54, 1.807) is 12.1 Å². The Labute approximate surface area is 123 Å². The largest absolute Gasteiger partial charge is 0.465 e. The van der Waals surface area contributed by atoms with E-state index >= 15 is 0 Å². The number of hydrogen-bond acceptors (Lipinski definition) is 5. The van der Waals surface area contributed by atoms with Gasteiger partial charge in [0.1, 0.15) is 0 Å². The highest BCUT2D eigenvalue weighted by Crippen LogP contribution is 2.19. The third-order valence-corrected chi connectivity index (χ3v) is 3.27. The predicted molar refractivity (Wildman–Crippen MR) is 78.4 cm³/mol. The number of rotatable bonds is 4. The van der Waals surface area contributed by atoms with Crippen LogP contribution in [0.4, 0.5) is 5.69 Å². The average molecular weight is 292 g/mol. The molecule has 21 heavy (non-hydrogen) atoms. The second-order valence-electron chi connectivity index (χ2n) is 4.99. The van der Waals surface area contributed by atoms with Gasteiger partial charge in [-0.05, 0) is 19.1 Å². The fraction of sp³-hybridized carbons (Fsp3) is 0.467. The number of benzene rings is 1. The van der Waals surface area contributed by atoms with Crippen molar-refractivity contribution in [3.8, 4) is 0 Å². The molecule has 1 aromatic rings. The molecule has 0 saturated carbocycles. The first kappa shape index (κ1) is 15.5. The molecular formula is C15H20N2O4. The number of nitrogens with one attached hydrogen (secondary N) is 2. The molecule has 0 spiro atoms. The van der Waals surface area contributed by atoms with E-state index < -0.39 is 5.97 Å². The Hall–Kier alpha value is -1.92. The Bertz CT molecular complexity index is 524. The molecule has 1 atom stereocenters. The van der Waals surface area contributed by atoms with Gasteiger partial charge in [0.15, 0.2) is 0 Å². The van der Waals surface area contributed by atoms with Crippen LogP contribution in [0.25, 0.3) is 0 Å². The van der Waals surface area contributed by atoms with Gasteiger partial charge in [0.05, 0.1) is 37.5 Å². The molecule has 2 rings (SSSR count). The molecule has 1 aliphatic heterocycles. The Morgan fingerprint density at radius 3 is 2.95 bits per heavy atom. The van der Waals surface area contributed by atoms with E-state index in [9.17, 15) is 9.59 Å². The van der Waals surface area contributed by atoms with Gasteiger partial charge < -0.3 is 20.1 Å². The summed E-state index contributed by atoms with van der Waals surface area (Å²) in [5, 5.41) is 5.92. The van der Waals surface area contributed by atoms with Gasteiger partial charge in [0.2, 0.25) is 5.91 Å². The van der Waals surface area contributed by atoms with Crippen LogP contribution < -0.4 is 10.6 Å². The van der Waals surface area contributed by atoms with Gasteiger partial charge in [-0.25, -0.2) is 4.79 Å². The lowest BCUT2D eigenvalue weighted by molar-refractivity contribution is -0.119. The number of carbonyl (C=O) groups is 2. The van der Waals surface area contributed by atoms with Crippen molar-refractivity contribution in [1.82, 2.24) is 5.32 Å². The lowest BCUT2D eigenvalue weighted by atomic mass is 10.1. The summed E-state index contributed by atoms with van der Waals surface area (Å²) in [5.74, 6) is -0.651. The van der Waals surface area contributed by atoms with Crippen molar-refractivity contribution in [2.24, 2.45) is 0 Å². The molecule has 1 aromatic carbocycles. The van der Waals surface area contributed by atoms with E-state index in [0.717, 1.165) is 12.1 Å². The summed E-state index contributed by atoms with van der Waals surface area (Å²) in [5.41, 5.74) is 1.74. The second-order valence-corrected chi connectivity index (χ2v) is 4.99. The molecule has 1 amide bonds. The van der Waals surface area contributed by atoms with Crippen molar-refractivity contribution in [2.75, 3.05) is 32.1 Å². The lowest BCUT2D eigenvalue weighted by Crippen LogP contribution is -2.40. The summed E-state index contributed by atoms with van der Waals surface area (Å²) in [6, 6.07) is 5.24. The van der Waals surface area contributed by atoms with Crippen LogP contribution in [0.1, 0.15) is 22.3 Å². The van der Waals surface area contributed by atoms with Gasteiger partial charge in [-0.15, -0.1) is 0 Å². The SMILES string of the molecule is COC(=O)c1cc(C)ccc1NC(=O)CC1CNCCO1. The molecule has 2 N–H and O–H groups in total. The highest BCUT2D eigenvalue weighted by molar-refractivity contribution is 6.01. The van der Waals surface area contributed by atoms with Crippen LogP contribution in [0, 0.1) is 6.92 Å². The van der Waals surface area contributed by atoms with E-state index in [2.05, 4.69) is 10.6 Å². The Morgan fingerprint density at radius 2 is 2.29 bits per heavy atom. The average Bonchev–Trinajstić information content (AvgIpc) is 2.49. The predicted octanol–water partition coefficient (Wildman–Crippen LogP) is 1.10. The molecule has 6 heteroatoms. The van der Waals surface area contributed by atoms with E-state index in [-0.39, 0.29) is 18.4 Å². The molecule has 6 nitrogen and oxygen atoms in total. The summed E-state index contributed by atoms with van der Waals surface area (Å²) >= 11 is 0. The minimum absolute atomic E-state index is 0.134. The van der Waals surface area contributed by atoms with Crippen molar-refractivity contribution < 1.29 is 19.1 Å². The number of esters is 1. The van der Waals surface area contributed by atoms with Crippen LogP contribution in [-0.2, 0) is 14.3 Å². The van der Waals surface area contributed by atoms with Gasteiger partial charge >= 0.3 is 5.97 Å². The monoisotopic (exact) mass is 292 g/mol. The topological polar surface area (TPSA) is 76.7 Å². The molecule has 1 heterocycles. The molecule has 114 valence electrons. The van der Waals surface area contributed by atoms with Gasteiger partial charge in [-0.3, -0.25) is 4.79 Å². The molecular weight excluding hydrogens is 272 g/mol. The molecule has 1 saturated heterocycles.